The van der Waals surface area contributed by atoms with E-state index in [4.69, 9.17) is 0 Å². The summed E-state index contributed by atoms with van der Waals surface area (Å²) in [6, 6.07) is 7.20. The minimum absolute atomic E-state index is 0.0638. The zero-order valence-electron chi connectivity index (χ0n) is 10.3. The highest BCUT2D eigenvalue weighted by molar-refractivity contribution is 5.29. The number of hydrogen-bond donors (Lipinski definition) is 2. The minimum atomic E-state index is -2.32. The van der Waals surface area contributed by atoms with E-state index in [1.165, 1.54) is 24.3 Å². The zero-order valence-corrected chi connectivity index (χ0v) is 10.3. The van der Waals surface area contributed by atoms with Gasteiger partial charge in [0.15, 0.2) is 23.3 Å². The van der Waals surface area contributed by atoms with Crippen molar-refractivity contribution in [2.24, 2.45) is 0 Å². The van der Waals surface area contributed by atoms with Crippen molar-refractivity contribution in [2.45, 2.75) is 12.2 Å². The summed E-state index contributed by atoms with van der Waals surface area (Å²) in [5, 5.41) is 19.6. The molecule has 2 rings (SSSR count). The molecule has 0 fully saturated rings. The van der Waals surface area contributed by atoms with Crippen molar-refractivity contribution < 1.29 is 32.2 Å². The molecule has 112 valence electrons. The number of aliphatic hydroxyl groups is 2. The minimum Gasteiger partial charge on any atom is -0.385 e. The molecule has 0 radical (unpaired) electrons. The van der Waals surface area contributed by atoms with Gasteiger partial charge < -0.3 is 10.2 Å². The van der Waals surface area contributed by atoms with E-state index in [9.17, 15) is 32.2 Å². The number of benzene rings is 2. The SMILES string of the molecule is O[C@H](c1ccccc1)[C@H](O)c1c(F)c(F)c(F)c(F)c1F. The molecule has 7 heteroatoms. The van der Waals surface area contributed by atoms with Crippen LogP contribution in [0, 0.1) is 29.1 Å². The molecule has 2 nitrogen and oxygen atoms in total. The third-order valence-corrected chi connectivity index (χ3v) is 2.98. The summed E-state index contributed by atoms with van der Waals surface area (Å²) in [5.41, 5.74) is -1.41. The molecular formula is C14H9F5O2. The van der Waals surface area contributed by atoms with Crippen LogP contribution in [-0.2, 0) is 0 Å². The Morgan fingerprint density at radius 1 is 0.619 bits per heavy atom. The van der Waals surface area contributed by atoms with Gasteiger partial charge in [0.1, 0.15) is 12.2 Å². The van der Waals surface area contributed by atoms with E-state index < -0.39 is 46.9 Å². The summed E-state index contributed by atoms with van der Waals surface area (Å²) in [6.07, 6.45) is -4.16. The summed E-state index contributed by atoms with van der Waals surface area (Å²) in [4.78, 5) is 0. The Morgan fingerprint density at radius 3 is 1.52 bits per heavy atom. The van der Waals surface area contributed by atoms with Gasteiger partial charge >= 0.3 is 0 Å². The molecule has 21 heavy (non-hydrogen) atoms. The Labute approximate surface area is 116 Å². The lowest BCUT2D eigenvalue weighted by Crippen LogP contribution is -2.17. The normalized spacial score (nSPS) is 14.0. The number of aliphatic hydroxyl groups excluding tert-OH is 2. The summed E-state index contributed by atoms with van der Waals surface area (Å²) in [6.45, 7) is 0. The van der Waals surface area contributed by atoms with Crippen molar-refractivity contribution in [1.82, 2.24) is 0 Å². The fourth-order valence-electron chi connectivity index (χ4n) is 1.87. The maximum atomic E-state index is 13.5. The van der Waals surface area contributed by atoms with Gasteiger partial charge in [-0.25, -0.2) is 22.0 Å². The van der Waals surface area contributed by atoms with Gasteiger partial charge in [0, 0.05) is 0 Å². The fourth-order valence-corrected chi connectivity index (χ4v) is 1.87. The van der Waals surface area contributed by atoms with E-state index in [0.29, 0.717) is 0 Å². The second-order valence-corrected chi connectivity index (χ2v) is 4.28. The lowest BCUT2D eigenvalue weighted by molar-refractivity contribution is 0.0117. The van der Waals surface area contributed by atoms with E-state index >= 15 is 0 Å². The van der Waals surface area contributed by atoms with Crippen LogP contribution in [0.25, 0.3) is 0 Å². The van der Waals surface area contributed by atoms with Crippen LogP contribution >= 0.6 is 0 Å². The van der Waals surface area contributed by atoms with Crippen LogP contribution in [0.3, 0.4) is 0 Å². The van der Waals surface area contributed by atoms with Crippen LogP contribution in [0.1, 0.15) is 23.3 Å². The highest BCUT2D eigenvalue weighted by Crippen LogP contribution is 2.34. The molecular weight excluding hydrogens is 295 g/mol. The second kappa shape index (κ2) is 5.79. The zero-order chi connectivity index (χ0) is 15.7. The highest BCUT2D eigenvalue weighted by Gasteiger charge is 2.33. The van der Waals surface area contributed by atoms with Crippen molar-refractivity contribution in [2.75, 3.05) is 0 Å². The monoisotopic (exact) mass is 304 g/mol. The van der Waals surface area contributed by atoms with Gasteiger partial charge in [-0.1, -0.05) is 30.3 Å². The average molecular weight is 304 g/mol. The standard InChI is InChI=1S/C14H9F5O2/c15-8-7(9(16)11(18)12(19)10(8)17)14(21)13(20)6-4-2-1-3-5-6/h1-5,13-14,20-21H/t13-,14-/m1/s1. The summed E-state index contributed by atoms with van der Waals surface area (Å²) in [7, 11) is 0. The van der Waals surface area contributed by atoms with Crippen LogP contribution in [0.2, 0.25) is 0 Å². The molecule has 0 bridgehead atoms. The van der Waals surface area contributed by atoms with Gasteiger partial charge in [0.2, 0.25) is 5.82 Å². The van der Waals surface area contributed by atoms with E-state index in [2.05, 4.69) is 0 Å². The molecule has 0 aliphatic rings. The predicted molar refractivity (Wildman–Crippen MR) is 62.6 cm³/mol. The second-order valence-electron chi connectivity index (χ2n) is 4.28. The van der Waals surface area contributed by atoms with Gasteiger partial charge in [0.25, 0.3) is 0 Å². The molecule has 0 saturated carbocycles. The third-order valence-electron chi connectivity index (χ3n) is 2.98. The first kappa shape index (κ1) is 15.4. The summed E-state index contributed by atoms with van der Waals surface area (Å²) in [5.74, 6) is -11.0. The van der Waals surface area contributed by atoms with Gasteiger partial charge in [-0.15, -0.1) is 0 Å². The molecule has 2 aromatic rings. The number of rotatable bonds is 3. The molecule has 0 aliphatic carbocycles. The molecule has 2 atom stereocenters. The van der Waals surface area contributed by atoms with Crippen LogP contribution in [-0.4, -0.2) is 10.2 Å². The molecule has 0 heterocycles. The van der Waals surface area contributed by atoms with Crippen molar-refractivity contribution in [3.05, 3.63) is 70.5 Å². The Kier molecular flexibility index (Phi) is 4.24. The Balaban J connectivity index is 2.52. The Morgan fingerprint density at radius 2 is 1.05 bits per heavy atom. The van der Waals surface area contributed by atoms with Crippen LogP contribution in [0.5, 0.6) is 0 Å². The average Bonchev–Trinajstić information content (AvgIpc) is 2.51. The van der Waals surface area contributed by atoms with E-state index in [1.807, 2.05) is 0 Å². The van der Waals surface area contributed by atoms with Crippen LogP contribution in [0.4, 0.5) is 22.0 Å². The first-order valence-electron chi connectivity index (χ1n) is 5.78. The molecule has 2 N–H and O–H groups in total. The lowest BCUT2D eigenvalue weighted by Gasteiger charge is -2.20. The molecule has 0 amide bonds. The maximum absolute atomic E-state index is 13.5. The molecule has 0 spiro atoms. The number of hydrogen-bond acceptors (Lipinski definition) is 2. The van der Waals surface area contributed by atoms with Crippen molar-refractivity contribution >= 4 is 0 Å². The quantitative estimate of drug-likeness (QED) is 0.519. The Bertz CT molecular complexity index is 631. The molecule has 0 aromatic heterocycles. The fraction of sp³-hybridized carbons (Fsp3) is 0.143. The smallest absolute Gasteiger partial charge is 0.200 e. The van der Waals surface area contributed by atoms with Crippen LogP contribution < -0.4 is 0 Å². The topological polar surface area (TPSA) is 40.5 Å². The predicted octanol–water partition coefficient (Wildman–Crippen LogP) is 3.15. The van der Waals surface area contributed by atoms with Gasteiger partial charge in [-0.2, -0.15) is 0 Å². The molecule has 0 aliphatic heterocycles. The number of halogens is 5. The van der Waals surface area contributed by atoms with Crippen LogP contribution in [0.15, 0.2) is 30.3 Å². The van der Waals surface area contributed by atoms with E-state index in [1.54, 1.807) is 6.07 Å². The van der Waals surface area contributed by atoms with E-state index in [-0.39, 0.29) is 5.56 Å². The van der Waals surface area contributed by atoms with E-state index in [0.717, 1.165) is 0 Å². The van der Waals surface area contributed by atoms with Gasteiger partial charge in [-0.05, 0) is 5.56 Å². The van der Waals surface area contributed by atoms with Crippen molar-refractivity contribution in [1.29, 1.82) is 0 Å². The molecule has 2 aromatic carbocycles. The Hall–Kier alpha value is -1.99. The maximum Gasteiger partial charge on any atom is 0.200 e. The first-order chi connectivity index (χ1) is 9.86. The lowest BCUT2D eigenvalue weighted by atomic mass is 9.97. The first-order valence-corrected chi connectivity index (χ1v) is 5.78. The summed E-state index contributed by atoms with van der Waals surface area (Å²) < 4.78 is 66.1. The third kappa shape index (κ3) is 2.62. The van der Waals surface area contributed by atoms with Crippen molar-refractivity contribution in [3.8, 4) is 0 Å². The molecule has 0 unspecified atom stereocenters. The summed E-state index contributed by atoms with van der Waals surface area (Å²) >= 11 is 0. The van der Waals surface area contributed by atoms with Crippen molar-refractivity contribution in [3.63, 3.8) is 0 Å². The largest absolute Gasteiger partial charge is 0.385 e. The van der Waals surface area contributed by atoms with Gasteiger partial charge in [-0.3, -0.25) is 0 Å². The van der Waals surface area contributed by atoms with Gasteiger partial charge in [0.05, 0.1) is 5.56 Å². The molecule has 0 saturated heterocycles. The highest BCUT2D eigenvalue weighted by atomic mass is 19.2.